The average molecular weight is 643 g/mol. The van der Waals surface area contributed by atoms with Gasteiger partial charge in [0.15, 0.2) is 0 Å². The summed E-state index contributed by atoms with van der Waals surface area (Å²) in [4.78, 5) is 22.7. The molecule has 4 heterocycles. The van der Waals surface area contributed by atoms with Gasteiger partial charge < -0.3 is 19.6 Å². The van der Waals surface area contributed by atoms with Gasteiger partial charge >= 0.3 is 5.97 Å². The summed E-state index contributed by atoms with van der Waals surface area (Å²) in [5.41, 5.74) is 10.0. The van der Waals surface area contributed by atoms with Crippen molar-refractivity contribution in [2.75, 3.05) is 4.72 Å². The fraction of sp³-hybridized carbons (Fsp3) is 0.242. The van der Waals surface area contributed by atoms with Crippen LogP contribution in [-0.4, -0.2) is 33.5 Å². The molecule has 6 rings (SSSR count). The fourth-order valence-corrected chi connectivity index (χ4v) is 7.36. The van der Waals surface area contributed by atoms with Crippen LogP contribution in [0.2, 0.25) is 0 Å². The van der Waals surface area contributed by atoms with Crippen LogP contribution in [0.3, 0.4) is 0 Å². The summed E-state index contributed by atoms with van der Waals surface area (Å²) in [7, 11) is -3.67. The number of nitrogens with one attached hydrogen (secondary N) is 1. The molecule has 6 aromatic rings. The van der Waals surface area contributed by atoms with Crippen LogP contribution in [0.25, 0.3) is 21.8 Å². The Kier molecular flexibility index (Phi) is 8.21. The minimum atomic E-state index is -3.67. The average Bonchev–Trinajstić information content (AvgIpc) is 3.76. The van der Waals surface area contributed by atoms with E-state index in [4.69, 9.17) is 15.5 Å². The smallest absolute Gasteiger partial charge is 0.355 e. The van der Waals surface area contributed by atoms with E-state index >= 15 is 0 Å². The number of carbonyl (C=O) groups is 1. The van der Waals surface area contributed by atoms with Crippen molar-refractivity contribution in [2.45, 2.75) is 51.8 Å². The maximum atomic E-state index is 13.7. The quantitative estimate of drug-likeness (QED) is 0.175. The zero-order valence-electron chi connectivity index (χ0n) is 25.2. The van der Waals surface area contributed by atoms with Gasteiger partial charge in [-0.25, -0.2) is 23.2 Å². The summed E-state index contributed by atoms with van der Waals surface area (Å²) in [5, 5.41) is 6.21. The van der Waals surface area contributed by atoms with Crippen molar-refractivity contribution in [2.24, 2.45) is 5.73 Å². The molecule has 0 fully saturated rings. The van der Waals surface area contributed by atoms with Crippen LogP contribution < -0.4 is 10.5 Å². The molecule has 45 heavy (non-hydrogen) atoms. The summed E-state index contributed by atoms with van der Waals surface area (Å²) >= 11 is 1.45. The molecule has 232 valence electrons. The standard InChI is InChI=1S/C33H34N6O4S2/c1-33(2,3)39-21-35-16-28(39)18-43-32(40)30-14-24-8-9-26(15-34)36-31(24)38(30)17-25-13-27(12-23-6-4-5-7-29(23)25)37-45(41,42)20-22-10-11-44-19-22/h4-14,16,19,21,37H,15,17-18,20,34H2,1-3H3. The third-order valence-electron chi connectivity index (χ3n) is 7.50. The third kappa shape index (κ3) is 6.63. The molecule has 0 aliphatic carbocycles. The van der Waals surface area contributed by atoms with E-state index in [1.807, 2.05) is 68.4 Å². The molecular formula is C33H34N6O4S2. The van der Waals surface area contributed by atoms with Crippen molar-refractivity contribution in [1.82, 2.24) is 19.1 Å². The van der Waals surface area contributed by atoms with Gasteiger partial charge in [0.2, 0.25) is 10.0 Å². The van der Waals surface area contributed by atoms with Gasteiger partial charge in [-0.15, -0.1) is 0 Å². The van der Waals surface area contributed by atoms with Crippen LogP contribution >= 0.6 is 11.3 Å². The van der Waals surface area contributed by atoms with Crippen molar-refractivity contribution in [3.8, 4) is 0 Å². The summed E-state index contributed by atoms with van der Waals surface area (Å²) in [6.45, 7) is 6.68. The number of ether oxygens (including phenoxy) is 1. The first-order chi connectivity index (χ1) is 21.5. The molecule has 12 heteroatoms. The number of carbonyl (C=O) groups excluding carboxylic acids is 1. The summed E-state index contributed by atoms with van der Waals surface area (Å²) in [5.74, 6) is -0.641. The maximum absolute atomic E-state index is 13.7. The Morgan fingerprint density at radius 3 is 2.64 bits per heavy atom. The van der Waals surface area contributed by atoms with E-state index < -0.39 is 16.0 Å². The minimum absolute atomic E-state index is 0.0451. The predicted molar refractivity (Wildman–Crippen MR) is 178 cm³/mol. The Hall–Kier alpha value is -4.52. The van der Waals surface area contributed by atoms with Gasteiger partial charge in [-0.2, -0.15) is 11.3 Å². The second-order valence-corrected chi connectivity index (χ2v) is 14.4. The van der Waals surface area contributed by atoms with E-state index in [0.29, 0.717) is 22.7 Å². The van der Waals surface area contributed by atoms with Crippen LogP contribution in [-0.2, 0) is 45.7 Å². The maximum Gasteiger partial charge on any atom is 0.355 e. The van der Waals surface area contributed by atoms with Gasteiger partial charge in [-0.3, -0.25) is 4.72 Å². The number of anilines is 1. The first-order valence-electron chi connectivity index (χ1n) is 14.4. The predicted octanol–water partition coefficient (Wildman–Crippen LogP) is 6.01. The van der Waals surface area contributed by atoms with Crippen LogP contribution in [0.4, 0.5) is 5.69 Å². The number of sulfonamides is 1. The molecule has 2 aromatic carbocycles. The van der Waals surface area contributed by atoms with Crippen LogP contribution in [0.5, 0.6) is 0 Å². The van der Waals surface area contributed by atoms with E-state index in [0.717, 1.165) is 33.0 Å². The molecule has 0 unspecified atom stereocenters. The molecule has 0 bridgehead atoms. The van der Waals surface area contributed by atoms with Gasteiger partial charge in [0.1, 0.15) is 17.9 Å². The lowest BCUT2D eigenvalue weighted by atomic mass is 10.0. The van der Waals surface area contributed by atoms with E-state index in [-0.39, 0.29) is 31.0 Å². The monoisotopic (exact) mass is 642 g/mol. The first-order valence-corrected chi connectivity index (χ1v) is 17.0. The van der Waals surface area contributed by atoms with Gasteiger partial charge in [-0.1, -0.05) is 24.3 Å². The molecule has 0 aliphatic rings. The topological polar surface area (TPSA) is 134 Å². The Balaban J connectivity index is 1.38. The SMILES string of the molecule is CC(C)(C)n1cncc1COC(=O)c1cc2ccc(CN)nc2n1Cc1cc(NS(=O)(=O)Cc2ccsc2)cc2ccccc12. The van der Waals surface area contributed by atoms with Crippen molar-refractivity contribution in [1.29, 1.82) is 0 Å². The Bertz CT molecular complexity index is 2110. The third-order valence-corrected chi connectivity index (χ3v) is 9.49. The number of nitrogens with two attached hydrogens (primary N) is 1. The van der Waals surface area contributed by atoms with E-state index in [9.17, 15) is 13.2 Å². The lowest BCUT2D eigenvalue weighted by Gasteiger charge is -2.23. The second kappa shape index (κ2) is 12.1. The fourth-order valence-electron chi connectivity index (χ4n) is 5.42. The normalized spacial score (nSPS) is 12.2. The van der Waals surface area contributed by atoms with Crippen molar-refractivity contribution < 1.29 is 17.9 Å². The number of hydrogen-bond acceptors (Lipinski definition) is 8. The van der Waals surface area contributed by atoms with Crippen LogP contribution in [0.1, 0.15) is 53.8 Å². The number of esters is 1. The number of nitrogens with zero attached hydrogens (tertiary/aromatic N) is 4. The highest BCUT2D eigenvalue weighted by Gasteiger charge is 2.22. The number of thiophene rings is 1. The molecule has 3 N–H and O–H groups in total. The zero-order chi connectivity index (χ0) is 31.8. The van der Waals surface area contributed by atoms with E-state index in [1.165, 1.54) is 11.3 Å². The number of imidazole rings is 1. The molecule has 0 radical (unpaired) electrons. The highest BCUT2D eigenvalue weighted by Crippen LogP contribution is 2.29. The van der Waals surface area contributed by atoms with Crippen LogP contribution in [0.15, 0.2) is 83.9 Å². The minimum Gasteiger partial charge on any atom is -0.455 e. The first kappa shape index (κ1) is 30.5. The lowest BCUT2D eigenvalue weighted by molar-refractivity contribution is 0.0447. The largest absolute Gasteiger partial charge is 0.455 e. The molecule has 0 saturated heterocycles. The molecule has 0 spiro atoms. The number of hydrogen-bond donors (Lipinski definition) is 2. The van der Waals surface area contributed by atoms with Crippen molar-refractivity contribution >= 4 is 54.8 Å². The van der Waals surface area contributed by atoms with E-state index in [1.54, 1.807) is 24.7 Å². The van der Waals surface area contributed by atoms with Crippen molar-refractivity contribution in [3.63, 3.8) is 0 Å². The number of fused-ring (bicyclic) bond motifs is 2. The number of rotatable bonds is 10. The molecule has 10 nitrogen and oxygen atoms in total. The summed E-state index contributed by atoms with van der Waals surface area (Å²) in [6, 6.07) is 18.7. The second-order valence-electron chi connectivity index (χ2n) is 11.9. The Morgan fingerprint density at radius 1 is 1.07 bits per heavy atom. The Morgan fingerprint density at radius 2 is 1.89 bits per heavy atom. The number of benzene rings is 2. The van der Waals surface area contributed by atoms with Gasteiger partial charge in [0.25, 0.3) is 0 Å². The summed E-state index contributed by atoms with van der Waals surface area (Å²) < 4.78 is 38.5. The zero-order valence-corrected chi connectivity index (χ0v) is 26.9. The van der Waals surface area contributed by atoms with Crippen molar-refractivity contribution in [3.05, 3.63) is 112 Å². The molecule has 0 amide bonds. The molecule has 0 atom stereocenters. The highest BCUT2D eigenvalue weighted by atomic mass is 32.2. The molecular weight excluding hydrogens is 609 g/mol. The van der Waals surface area contributed by atoms with Crippen LogP contribution in [0, 0.1) is 0 Å². The Labute approximate surface area is 265 Å². The molecule has 4 aromatic heterocycles. The summed E-state index contributed by atoms with van der Waals surface area (Å²) in [6.07, 6.45) is 3.42. The van der Waals surface area contributed by atoms with Gasteiger partial charge in [-0.05, 0) is 89.8 Å². The molecule has 0 saturated carbocycles. The number of aromatic nitrogens is 4. The lowest BCUT2D eigenvalue weighted by Crippen LogP contribution is -2.24. The van der Waals surface area contributed by atoms with E-state index in [2.05, 4.69) is 30.5 Å². The van der Waals surface area contributed by atoms with Gasteiger partial charge in [0, 0.05) is 23.2 Å². The highest BCUT2D eigenvalue weighted by molar-refractivity contribution is 7.91. The number of pyridine rings is 1. The molecule has 0 aliphatic heterocycles. The van der Waals surface area contributed by atoms with Gasteiger partial charge in [0.05, 0.1) is 36.2 Å².